The van der Waals surface area contributed by atoms with Gasteiger partial charge in [-0.1, -0.05) is 18.0 Å². The second-order valence-corrected chi connectivity index (χ2v) is 9.10. The van der Waals surface area contributed by atoms with Crippen LogP contribution in [0.3, 0.4) is 0 Å². The summed E-state index contributed by atoms with van der Waals surface area (Å²) in [4.78, 5) is 42.6. The molecule has 174 valence electrons. The quantitative estimate of drug-likeness (QED) is 0.435. The molecule has 0 unspecified atom stereocenters. The monoisotopic (exact) mass is 468 g/mol. The minimum absolute atomic E-state index is 0.160. The molecule has 0 radical (unpaired) electrons. The Balaban J connectivity index is 1.43. The molecule has 0 saturated carbocycles. The van der Waals surface area contributed by atoms with Gasteiger partial charge in [-0.15, -0.1) is 0 Å². The molecule has 4 rings (SSSR count). The fraction of sp³-hybridized carbons (Fsp3) is 0.400. The number of nitrogens with one attached hydrogen (secondary N) is 3. The summed E-state index contributed by atoms with van der Waals surface area (Å²) >= 11 is 6.12. The number of aryl methyl sites for hydroxylation is 1. The molecule has 0 aliphatic carbocycles. The van der Waals surface area contributed by atoms with Crippen LogP contribution in [0.1, 0.15) is 65.0 Å². The number of carbonyl (C=O) groups is 3. The molecule has 8 heteroatoms. The fourth-order valence-electron chi connectivity index (χ4n) is 4.54. The Kier molecular flexibility index (Phi) is 6.88. The first kappa shape index (κ1) is 23.1. The summed E-state index contributed by atoms with van der Waals surface area (Å²) in [6, 6.07) is 5.27. The number of likely N-dealkylation sites (tertiary alicyclic amines) is 1. The van der Waals surface area contributed by atoms with Gasteiger partial charge in [-0.05, 0) is 62.9 Å². The maximum atomic E-state index is 12.9. The highest BCUT2D eigenvalue weighted by Gasteiger charge is 2.26. The number of fused-ring (bicyclic) bond motifs is 1. The molecule has 3 heterocycles. The van der Waals surface area contributed by atoms with E-state index in [1.807, 2.05) is 18.7 Å². The van der Waals surface area contributed by atoms with Gasteiger partial charge < -0.3 is 20.5 Å². The van der Waals surface area contributed by atoms with Crippen molar-refractivity contribution in [3.63, 3.8) is 0 Å². The number of hydrogen-bond acceptors (Lipinski definition) is 3. The Morgan fingerprint density at radius 2 is 2.03 bits per heavy atom. The van der Waals surface area contributed by atoms with Crippen LogP contribution in [0.4, 0.5) is 5.69 Å². The van der Waals surface area contributed by atoms with Crippen molar-refractivity contribution in [1.82, 2.24) is 15.2 Å². The first-order chi connectivity index (χ1) is 15.8. The molecule has 1 saturated heterocycles. The van der Waals surface area contributed by atoms with Crippen LogP contribution in [-0.4, -0.2) is 47.2 Å². The lowest BCUT2D eigenvalue weighted by atomic mass is 10.0. The van der Waals surface area contributed by atoms with Crippen molar-refractivity contribution >= 4 is 46.7 Å². The molecule has 2 aliphatic heterocycles. The number of benzene rings is 1. The molecule has 0 bridgehead atoms. The van der Waals surface area contributed by atoms with Crippen molar-refractivity contribution in [3.8, 4) is 0 Å². The number of H-pyrrole nitrogens is 1. The predicted octanol–water partition coefficient (Wildman–Crippen LogP) is 4.30. The van der Waals surface area contributed by atoms with Crippen molar-refractivity contribution in [2.75, 3.05) is 25.0 Å². The van der Waals surface area contributed by atoms with E-state index in [9.17, 15) is 14.4 Å². The smallest absolute Gasteiger partial charge is 0.256 e. The number of nitrogens with zero attached hydrogens (tertiary/aromatic N) is 1. The van der Waals surface area contributed by atoms with E-state index in [2.05, 4.69) is 15.6 Å². The number of aromatic amines is 1. The van der Waals surface area contributed by atoms with Gasteiger partial charge in [0.15, 0.2) is 0 Å². The lowest BCUT2D eigenvalue weighted by molar-refractivity contribution is -0.130. The number of amides is 3. The number of anilines is 1. The third kappa shape index (κ3) is 4.98. The summed E-state index contributed by atoms with van der Waals surface area (Å²) < 4.78 is 0. The molecule has 7 nitrogen and oxygen atoms in total. The SMILES string of the molecule is Cc1[nH]c(/C=C2\C(=O)Nc3ccc(Cl)cc32)c(C)c1C(=O)NCCCN1CCCCCC1=O. The van der Waals surface area contributed by atoms with Crippen molar-refractivity contribution in [2.24, 2.45) is 0 Å². The number of aromatic nitrogens is 1. The van der Waals surface area contributed by atoms with Crippen molar-refractivity contribution in [3.05, 3.63) is 51.3 Å². The predicted molar refractivity (Wildman–Crippen MR) is 130 cm³/mol. The molecule has 1 fully saturated rings. The lowest BCUT2D eigenvalue weighted by Gasteiger charge is -2.20. The maximum Gasteiger partial charge on any atom is 0.256 e. The lowest BCUT2D eigenvalue weighted by Crippen LogP contribution is -2.34. The fourth-order valence-corrected chi connectivity index (χ4v) is 4.71. The number of carbonyl (C=O) groups excluding carboxylic acids is 3. The van der Waals surface area contributed by atoms with Gasteiger partial charge in [-0.3, -0.25) is 14.4 Å². The van der Waals surface area contributed by atoms with Gasteiger partial charge in [0.2, 0.25) is 5.91 Å². The zero-order valence-electron chi connectivity index (χ0n) is 19.0. The third-order valence-electron chi connectivity index (χ3n) is 6.32. The van der Waals surface area contributed by atoms with Crippen LogP contribution in [0.15, 0.2) is 18.2 Å². The summed E-state index contributed by atoms with van der Waals surface area (Å²) in [5.41, 5.74) is 4.78. The maximum absolute atomic E-state index is 12.9. The highest BCUT2D eigenvalue weighted by molar-refractivity contribution is 6.36. The van der Waals surface area contributed by atoms with Crippen LogP contribution in [0.2, 0.25) is 5.02 Å². The normalized spacial score (nSPS) is 17.2. The van der Waals surface area contributed by atoms with Gasteiger partial charge in [-0.2, -0.15) is 0 Å². The molecule has 33 heavy (non-hydrogen) atoms. The first-order valence-corrected chi connectivity index (χ1v) is 11.8. The Labute approximate surface area is 198 Å². The number of hydrogen-bond donors (Lipinski definition) is 3. The van der Waals surface area contributed by atoms with Gasteiger partial charge in [0.05, 0.1) is 11.1 Å². The molecule has 3 amide bonds. The van der Waals surface area contributed by atoms with Crippen LogP contribution in [0, 0.1) is 13.8 Å². The van der Waals surface area contributed by atoms with Crippen LogP contribution in [0.5, 0.6) is 0 Å². The summed E-state index contributed by atoms with van der Waals surface area (Å²) in [6.45, 7) is 5.69. The molecular weight excluding hydrogens is 440 g/mol. The average Bonchev–Trinajstić information content (AvgIpc) is 3.13. The van der Waals surface area contributed by atoms with Gasteiger partial charge >= 0.3 is 0 Å². The largest absolute Gasteiger partial charge is 0.358 e. The summed E-state index contributed by atoms with van der Waals surface area (Å²) in [5.74, 6) is -0.145. The molecule has 1 aromatic carbocycles. The topological polar surface area (TPSA) is 94.3 Å². The van der Waals surface area contributed by atoms with Crippen LogP contribution < -0.4 is 10.6 Å². The molecular formula is C25H29ClN4O3. The van der Waals surface area contributed by atoms with Crippen molar-refractivity contribution in [2.45, 2.75) is 46.0 Å². The molecule has 2 aliphatic rings. The van der Waals surface area contributed by atoms with Gasteiger partial charge in [0.1, 0.15) is 0 Å². The van der Waals surface area contributed by atoms with E-state index >= 15 is 0 Å². The van der Waals surface area contributed by atoms with Crippen LogP contribution >= 0.6 is 11.6 Å². The van der Waals surface area contributed by atoms with E-state index in [-0.39, 0.29) is 17.7 Å². The van der Waals surface area contributed by atoms with Gasteiger partial charge in [0, 0.05) is 53.7 Å². The van der Waals surface area contributed by atoms with Crippen molar-refractivity contribution in [1.29, 1.82) is 0 Å². The van der Waals surface area contributed by atoms with Crippen LogP contribution in [-0.2, 0) is 9.59 Å². The Morgan fingerprint density at radius 3 is 2.85 bits per heavy atom. The summed E-state index contributed by atoms with van der Waals surface area (Å²) in [5, 5.41) is 6.37. The minimum Gasteiger partial charge on any atom is -0.358 e. The zero-order chi connectivity index (χ0) is 23.5. The summed E-state index contributed by atoms with van der Waals surface area (Å²) in [6.07, 6.45) is 6.23. The van der Waals surface area contributed by atoms with E-state index in [1.54, 1.807) is 24.3 Å². The Morgan fingerprint density at radius 1 is 1.21 bits per heavy atom. The third-order valence-corrected chi connectivity index (χ3v) is 6.55. The van der Waals surface area contributed by atoms with E-state index in [4.69, 9.17) is 11.6 Å². The van der Waals surface area contributed by atoms with E-state index in [0.29, 0.717) is 47.8 Å². The second-order valence-electron chi connectivity index (χ2n) is 8.67. The zero-order valence-corrected chi connectivity index (χ0v) is 19.8. The molecule has 0 spiro atoms. The highest BCUT2D eigenvalue weighted by Crippen LogP contribution is 2.35. The standard InChI is InChI=1S/C25H29ClN4O3/c1-15-21(14-19-18-13-17(26)8-9-20(18)29-24(19)32)28-16(2)23(15)25(33)27-10-6-12-30-11-5-3-4-7-22(30)31/h8-9,13-14,28H,3-7,10-12H2,1-2H3,(H,27,33)(H,29,32)/b19-14-. The minimum atomic E-state index is -0.201. The first-order valence-electron chi connectivity index (χ1n) is 11.4. The van der Waals surface area contributed by atoms with E-state index in [1.165, 1.54) is 0 Å². The van der Waals surface area contributed by atoms with Crippen molar-refractivity contribution < 1.29 is 14.4 Å². The average molecular weight is 469 g/mol. The summed E-state index contributed by atoms with van der Waals surface area (Å²) in [7, 11) is 0. The molecule has 0 atom stereocenters. The molecule has 2 aromatic rings. The second kappa shape index (κ2) is 9.83. The van der Waals surface area contributed by atoms with Gasteiger partial charge in [-0.25, -0.2) is 0 Å². The van der Waals surface area contributed by atoms with Gasteiger partial charge in [0.25, 0.3) is 11.8 Å². The number of rotatable bonds is 6. The van der Waals surface area contributed by atoms with E-state index < -0.39 is 0 Å². The highest BCUT2D eigenvalue weighted by atomic mass is 35.5. The van der Waals surface area contributed by atoms with Crippen LogP contribution in [0.25, 0.3) is 11.6 Å². The molecule has 1 aromatic heterocycles. The Bertz CT molecular complexity index is 1130. The van der Waals surface area contributed by atoms with E-state index in [0.717, 1.165) is 48.3 Å². The Hall–Kier alpha value is -3.06. The number of halogens is 1. The molecule has 3 N–H and O–H groups in total.